The number of nitrogens with zero attached hydrogens (tertiary/aromatic N) is 1. The van der Waals surface area contributed by atoms with Gasteiger partial charge in [-0.25, -0.2) is 4.39 Å². The Hall–Kier alpha value is -0.700. The van der Waals surface area contributed by atoms with Crippen molar-refractivity contribution in [3.63, 3.8) is 0 Å². The molecular formula is C17H27FIN3OS. The lowest BCUT2D eigenvalue weighted by molar-refractivity contribution is 0.306. The summed E-state index contributed by atoms with van der Waals surface area (Å²) in [5.74, 6) is 2.63. The number of rotatable bonds is 8. The Labute approximate surface area is 165 Å². The summed E-state index contributed by atoms with van der Waals surface area (Å²) in [6, 6.07) is 6.13. The van der Waals surface area contributed by atoms with E-state index < -0.39 is 0 Å². The fourth-order valence-corrected chi connectivity index (χ4v) is 3.59. The number of thioether (sulfide) groups is 1. The molecule has 1 heterocycles. The molecule has 1 aromatic rings. The van der Waals surface area contributed by atoms with Crippen LogP contribution in [-0.4, -0.2) is 43.7 Å². The molecule has 0 aromatic heterocycles. The molecule has 2 rings (SSSR count). The van der Waals surface area contributed by atoms with Crippen molar-refractivity contribution in [2.75, 3.05) is 32.5 Å². The summed E-state index contributed by atoms with van der Waals surface area (Å²) in [6.07, 6.45) is 4.58. The standard InChI is InChI=1S/C17H26FN3OS.HI/c1-19-17(21-13-16-5-4-12-23-16)20-10-2-3-11-22-15-8-6-14(18)7-9-15;/h6-9,16H,2-5,10-13H2,1H3,(H2,19,20,21);1H. The summed E-state index contributed by atoms with van der Waals surface area (Å²) >= 11 is 2.04. The molecule has 1 aliphatic heterocycles. The topological polar surface area (TPSA) is 45.7 Å². The van der Waals surface area contributed by atoms with Gasteiger partial charge in [-0.3, -0.25) is 4.99 Å². The molecule has 4 nitrogen and oxygen atoms in total. The van der Waals surface area contributed by atoms with Gasteiger partial charge >= 0.3 is 0 Å². The maximum Gasteiger partial charge on any atom is 0.191 e. The molecule has 0 amide bonds. The van der Waals surface area contributed by atoms with Gasteiger partial charge in [0.2, 0.25) is 0 Å². The fourth-order valence-electron chi connectivity index (χ4n) is 2.39. The number of halogens is 2. The van der Waals surface area contributed by atoms with Crippen molar-refractivity contribution in [3.05, 3.63) is 30.1 Å². The highest BCUT2D eigenvalue weighted by Crippen LogP contribution is 2.25. The van der Waals surface area contributed by atoms with Gasteiger partial charge in [0.15, 0.2) is 5.96 Å². The van der Waals surface area contributed by atoms with Crippen LogP contribution in [0.25, 0.3) is 0 Å². The molecule has 0 radical (unpaired) electrons. The van der Waals surface area contributed by atoms with E-state index in [1.165, 1.54) is 30.7 Å². The van der Waals surface area contributed by atoms with E-state index in [1.807, 2.05) is 11.8 Å². The van der Waals surface area contributed by atoms with Crippen molar-refractivity contribution >= 4 is 41.7 Å². The molecule has 24 heavy (non-hydrogen) atoms. The molecule has 1 unspecified atom stereocenters. The number of nitrogens with one attached hydrogen (secondary N) is 2. The molecule has 0 spiro atoms. The molecule has 1 fully saturated rings. The first kappa shape index (κ1) is 21.3. The second-order valence-corrected chi connectivity index (χ2v) is 6.93. The van der Waals surface area contributed by atoms with Crippen molar-refractivity contribution in [2.24, 2.45) is 4.99 Å². The molecule has 1 saturated heterocycles. The van der Waals surface area contributed by atoms with Gasteiger partial charge in [-0.15, -0.1) is 24.0 Å². The SMILES string of the molecule is CN=C(NCCCCOc1ccc(F)cc1)NCC1CCCS1.I. The Bertz CT molecular complexity index is 481. The smallest absolute Gasteiger partial charge is 0.191 e. The van der Waals surface area contributed by atoms with Crippen LogP contribution in [0.5, 0.6) is 5.75 Å². The second-order valence-electron chi connectivity index (χ2n) is 5.52. The van der Waals surface area contributed by atoms with Gasteiger partial charge in [0.25, 0.3) is 0 Å². The average molecular weight is 467 g/mol. The average Bonchev–Trinajstić information content (AvgIpc) is 3.08. The monoisotopic (exact) mass is 467 g/mol. The zero-order valence-corrected chi connectivity index (χ0v) is 17.2. The van der Waals surface area contributed by atoms with Crippen LogP contribution < -0.4 is 15.4 Å². The highest BCUT2D eigenvalue weighted by Gasteiger charge is 2.15. The molecule has 2 N–H and O–H groups in total. The minimum atomic E-state index is -0.239. The summed E-state index contributed by atoms with van der Waals surface area (Å²) in [5, 5.41) is 7.43. The number of benzene rings is 1. The van der Waals surface area contributed by atoms with Crippen LogP contribution in [0.4, 0.5) is 4.39 Å². The molecule has 0 aliphatic carbocycles. The van der Waals surface area contributed by atoms with Crippen molar-refractivity contribution in [1.82, 2.24) is 10.6 Å². The number of ether oxygens (including phenoxy) is 1. The van der Waals surface area contributed by atoms with E-state index in [0.717, 1.165) is 37.1 Å². The molecule has 1 aliphatic rings. The summed E-state index contributed by atoms with van der Waals surface area (Å²) < 4.78 is 18.3. The van der Waals surface area contributed by atoms with Gasteiger partial charge in [-0.05, 0) is 55.7 Å². The van der Waals surface area contributed by atoms with Crippen LogP contribution in [-0.2, 0) is 0 Å². The summed E-state index contributed by atoms with van der Waals surface area (Å²) in [4.78, 5) is 4.24. The van der Waals surface area contributed by atoms with Gasteiger partial charge in [0, 0.05) is 25.4 Å². The van der Waals surface area contributed by atoms with E-state index in [4.69, 9.17) is 4.74 Å². The van der Waals surface area contributed by atoms with Gasteiger partial charge in [-0.1, -0.05) is 0 Å². The van der Waals surface area contributed by atoms with Crippen LogP contribution in [0.15, 0.2) is 29.3 Å². The largest absolute Gasteiger partial charge is 0.494 e. The van der Waals surface area contributed by atoms with Crippen LogP contribution in [0.2, 0.25) is 0 Å². The Kier molecular flexibility index (Phi) is 11.2. The van der Waals surface area contributed by atoms with Gasteiger partial charge in [0.1, 0.15) is 11.6 Å². The first-order chi connectivity index (χ1) is 11.3. The Morgan fingerprint density at radius 3 is 2.75 bits per heavy atom. The predicted octanol–water partition coefficient (Wildman–Crippen LogP) is 3.66. The molecule has 1 atom stereocenters. The lowest BCUT2D eigenvalue weighted by Gasteiger charge is -2.14. The van der Waals surface area contributed by atoms with Crippen molar-refractivity contribution < 1.29 is 9.13 Å². The summed E-state index contributed by atoms with van der Waals surface area (Å²) in [7, 11) is 1.80. The fraction of sp³-hybridized carbons (Fsp3) is 0.588. The van der Waals surface area contributed by atoms with Crippen molar-refractivity contribution in [3.8, 4) is 5.75 Å². The number of unbranched alkanes of at least 4 members (excludes halogenated alkanes) is 1. The second kappa shape index (κ2) is 12.6. The van der Waals surface area contributed by atoms with E-state index in [2.05, 4.69) is 15.6 Å². The molecule has 7 heteroatoms. The predicted molar refractivity (Wildman–Crippen MR) is 111 cm³/mol. The lowest BCUT2D eigenvalue weighted by Crippen LogP contribution is -2.40. The molecule has 0 bridgehead atoms. The molecule has 0 saturated carbocycles. The zero-order chi connectivity index (χ0) is 16.3. The normalized spacial score (nSPS) is 17.2. The highest BCUT2D eigenvalue weighted by molar-refractivity contribution is 14.0. The highest BCUT2D eigenvalue weighted by atomic mass is 127. The third-order valence-electron chi connectivity index (χ3n) is 3.69. The molecule has 1 aromatic carbocycles. The van der Waals surface area contributed by atoms with Crippen LogP contribution >= 0.6 is 35.7 Å². The third kappa shape index (κ3) is 8.41. The Morgan fingerprint density at radius 1 is 1.29 bits per heavy atom. The zero-order valence-electron chi connectivity index (χ0n) is 14.1. The third-order valence-corrected chi connectivity index (χ3v) is 5.09. The summed E-state index contributed by atoms with van der Waals surface area (Å²) in [5.41, 5.74) is 0. The number of hydrogen-bond donors (Lipinski definition) is 2. The Morgan fingerprint density at radius 2 is 2.08 bits per heavy atom. The quantitative estimate of drug-likeness (QED) is 0.265. The first-order valence-electron chi connectivity index (χ1n) is 8.22. The van der Waals surface area contributed by atoms with Crippen LogP contribution in [0.1, 0.15) is 25.7 Å². The maximum absolute atomic E-state index is 12.8. The maximum atomic E-state index is 12.8. The first-order valence-corrected chi connectivity index (χ1v) is 9.27. The van der Waals surface area contributed by atoms with Crippen molar-refractivity contribution in [2.45, 2.75) is 30.9 Å². The molecular weight excluding hydrogens is 440 g/mol. The van der Waals surface area contributed by atoms with Crippen molar-refractivity contribution in [1.29, 1.82) is 0 Å². The Balaban J connectivity index is 0.00000288. The minimum Gasteiger partial charge on any atom is -0.494 e. The van der Waals surface area contributed by atoms with Gasteiger partial charge < -0.3 is 15.4 Å². The van der Waals surface area contributed by atoms with Gasteiger partial charge in [0.05, 0.1) is 6.61 Å². The van der Waals surface area contributed by atoms with E-state index in [1.54, 1.807) is 19.2 Å². The van der Waals surface area contributed by atoms with Gasteiger partial charge in [-0.2, -0.15) is 11.8 Å². The minimum absolute atomic E-state index is 0. The van der Waals surface area contributed by atoms with E-state index >= 15 is 0 Å². The molecule has 136 valence electrons. The van der Waals surface area contributed by atoms with Crippen LogP contribution in [0, 0.1) is 5.82 Å². The number of aliphatic imine (C=N–C) groups is 1. The van der Waals surface area contributed by atoms with E-state index in [0.29, 0.717) is 12.4 Å². The summed E-state index contributed by atoms with van der Waals surface area (Å²) in [6.45, 7) is 2.49. The van der Waals surface area contributed by atoms with Crippen LogP contribution in [0.3, 0.4) is 0 Å². The lowest BCUT2D eigenvalue weighted by atomic mass is 10.2. The number of hydrogen-bond acceptors (Lipinski definition) is 3. The van der Waals surface area contributed by atoms with E-state index in [9.17, 15) is 4.39 Å². The van der Waals surface area contributed by atoms with E-state index in [-0.39, 0.29) is 29.8 Å². The number of guanidine groups is 1.